The maximum absolute atomic E-state index is 6.05. The Bertz CT molecular complexity index is 442. The van der Waals surface area contributed by atoms with Gasteiger partial charge in [-0.15, -0.1) is 0 Å². The average molecular weight is 205 g/mol. The maximum atomic E-state index is 6.05. The van der Waals surface area contributed by atoms with Crippen LogP contribution in [0.1, 0.15) is 17.6 Å². The van der Waals surface area contributed by atoms with Crippen LogP contribution in [0.4, 0.5) is 0 Å². The van der Waals surface area contributed by atoms with Crippen LogP contribution in [-0.4, -0.2) is 19.3 Å². The second kappa shape index (κ2) is 3.86. The first kappa shape index (κ1) is 9.92. The maximum Gasteiger partial charge on any atom is 0.125 e. The van der Waals surface area contributed by atoms with Crippen LogP contribution >= 0.6 is 0 Å². The van der Waals surface area contributed by atoms with Gasteiger partial charge in [0, 0.05) is 39.1 Å². The van der Waals surface area contributed by atoms with Gasteiger partial charge in [-0.2, -0.15) is 5.10 Å². The first-order valence-corrected chi connectivity index (χ1v) is 4.88. The molecule has 0 aliphatic heterocycles. The fraction of sp³-hybridized carbons (Fsp3) is 0.400. The van der Waals surface area contributed by atoms with E-state index in [1.54, 1.807) is 10.9 Å². The lowest BCUT2D eigenvalue weighted by molar-refractivity contribution is 0.614. The zero-order chi connectivity index (χ0) is 10.8. The molecule has 2 aromatic rings. The van der Waals surface area contributed by atoms with Gasteiger partial charge in [-0.1, -0.05) is 0 Å². The molecule has 0 aliphatic rings. The topological polar surface area (TPSA) is 61.7 Å². The molecule has 0 spiro atoms. The van der Waals surface area contributed by atoms with Gasteiger partial charge in [0.1, 0.15) is 5.82 Å². The largest absolute Gasteiger partial charge is 0.337 e. The number of aromatic nitrogens is 4. The summed E-state index contributed by atoms with van der Waals surface area (Å²) < 4.78 is 3.72. The number of nitrogens with two attached hydrogens (primary N) is 1. The van der Waals surface area contributed by atoms with Crippen molar-refractivity contribution < 1.29 is 0 Å². The van der Waals surface area contributed by atoms with Crippen molar-refractivity contribution in [2.75, 3.05) is 0 Å². The highest BCUT2D eigenvalue weighted by molar-refractivity contribution is 5.06. The van der Waals surface area contributed by atoms with Gasteiger partial charge in [0.2, 0.25) is 0 Å². The summed E-state index contributed by atoms with van der Waals surface area (Å²) in [5.41, 5.74) is 7.04. The standard InChI is InChI=1S/C10H15N5/c1-14-6-4-12-10(14)9(11)7-8-3-5-15(2)13-8/h3-6,9H,7,11H2,1-2H3. The second-order valence-electron chi connectivity index (χ2n) is 3.69. The van der Waals surface area contributed by atoms with Gasteiger partial charge in [0.15, 0.2) is 0 Å². The van der Waals surface area contributed by atoms with Crippen LogP contribution < -0.4 is 5.73 Å². The van der Waals surface area contributed by atoms with E-state index >= 15 is 0 Å². The summed E-state index contributed by atoms with van der Waals surface area (Å²) in [7, 11) is 3.84. The summed E-state index contributed by atoms with van der Waals surface area (Å²) >= 11 is 0. The number of hydrogen-bond acceptors (Lipinski definition) is 3. The van der Waals surface area contributed by atoms with E-state index in [0.717, 1.165) is 11.5 Å². The molecule has 0 amide bonds. The summed E-state index contributed by atoms with van der Waals surface area (Å²) in [6.45, 7) is 0. The van der Waals surface area contributed by atoms with Crippen molar-refractivity contribution in [2.24, 2.45) is 19.8 Å². The van der Waals surface area contributed by atoms with Gasteiger partial charge in [-0.25, -0.2) is 4.98 Å². The zero-order valence-corrected chi connectivity index (χ0v) is 8.96. The monoisotopic (exact) mass is 205 g/mol. The molecule has 0 aromatic carbocycles. The normalized spacial score (nSPS) is 13.0. The smallest absolute Gasteiger partial charge is 0.125 e. The van der Waals surface area contributed by atoms with Crippen LogP contribution in [0.5, 0.6) is 0 Å². The van der Waals surface area contributed by atoms with Crippen molar-refractivity contribution in [3.8, 4) is 0 Å². The van der Waals surface area contributed by atoms with Crippen molar-refractivity contribution in [1.82, 2.24) is 19.3 Å². The average Bonchev–Trinajstić information content (AvgIpc) is 2.75. The molecule has 80 valence electrons. The van der Waals surface area contributed by atoms with E-state index in [2.05, 4.69) is 10.1 Å². The van der Waals surface area contributed by atoms with Gasteiger partial charge < -0.3 is 10.3 Å². The van der Waals surface area contributed by atoms with Gasteiger partial charge >= 0.3 is 0 Å². The molecule has 2 heterocycles. The Hall–Kier alpha value is -1.62. The van der Waals surface area contributed by atoms with Crippen LogP contribution in [-0.2, 0) is 20.5 Å². The van der Waals surface area contributed by atoms with Crippen LogP contribution in [0.2, 0.25) is 0 Å². The van der Waals surface area contributed by atoms with Crippen molar-refractivity contribution in [3.63, 3.8) is 0 Å². The quantitative estimate of drug-likeness (QED) is 0.788. The summed E-state index contributed by atoms with van der Waals surface area (Å²) in [5, 5.41) is 4.29. The SMILES string of the molecule is Cn1ccc(CC(N)c2nccn2C)n1. The molecule has 2 N–H and O–H groups in total. The van der Waals surface area contributed by atoms with Gasteiger partial charge in [0.05, 0.1) is 11.7 Å². The molecule has 0 saturated carbocycles. The van der Waals surface area contributed by atoms with Crippen molar-refractivity contribution in [2.45, 2.75) is 12.5 Å². The van der Waals surface area contributed by atoms with E-state index in [1.807, 2.05) is 37.1 Å². The summed E-state index contributed by atoms with van der Waals surface area (Å²) in [6, 6.07) is 1.88. The van der Waals surface area contributed by atoms with E-state index in [9.17, 15) is 0 Å². The molecule has 5 nitrogen and oxygen atoms in total. The number of nitrogens with zero attached hydrogens (tertiary/aromatic N) is 4. The third kappa shape index (κ3) is 2.07. The molecule has 15 heavy (non-hydrogen) atoms. The number of aryl methyl sites for hydroxylation is 2. The Morgan fingerprint density at radius 3 is 2.73 bits per heavy atom. The Labute approximate surface area is 88.5 Å². The first-order chi connectivity index (χ1) is 7.16. The van der Waals surface area contributed by atoms with Gasteiger partial charge in [0.25, 0.3) is 0 Å². The van der Waals surface area contributed by atoms with Gasteiger partial charge in [-0.05, 0) is 6.07 Å². The summed E-state index contributed by atoms with van der Waals surface area (Å²) in [4.78, 5) is 4.22. The van der Waals surface area contributed by atoms with Crippen LogP contribution in [0.25, 0.3) is 0 Å². The van der Waals surface area contributed by atoms with E-state index in [4.69, 9.17) is 5.73 Å². The highest BCUT2D eigenvalue weighted by atomic mass is 15.2. The van der Waals surface area contributed by atoms with E-state index in [-0.39, 0.29) is 6.04 Å². The highest BCUT2D eigenvalue weighted by Crippen LogP contribution is 2.12. The van der Waals surface area contributed by atoms with Crippen LogP contribution in [0.3, 0.4) is 0 Å². The molecule has 2 aromatic heterocycles. The van der Waals surface area contributed by atoms with Crippen molar-refractivity contribution in [3.05, 3.63) is 36.2 Å². The molecule has 0 bridgehead atoms. The zero-order valence-electron chi connectivity index (χ0n) is 8.96. The third-order valence-corrected chi connectivity index (χ3v) is 2.39. The molecule has 0 radical (unpaired) electrons. The number of hydrogen-bond donors (Lipinski definition) is 1. The van der Waals surface area contributed by atoms with E-state index in [1.165, 1.54) is 0 Å². The Morgan fingerprint density at radius 2 is 2.20 bits per heavy atom. The van der Waals surface area contributed by atoms with Gasteiger partial charge in [-0.3, -0.25) is 4.68 Å². The Morgan fingerprint density at radius 1 is 1.40 bits per heavy atom. The molecular formula is C10H15N5. The minimum Gasteiger partial charge on any atom is -0.337 e. The number of rotatable bonds is 3. The molecule has 0 aliphatic carbocycles. The third-order valence-electron chi connectivity index (χ3n) is 2.39. The lowest BCUT2D eigenvalue weighted by Crippen LogP contribution is -2.18. The fourth-order valence-electron chi connectivity index (χ4n) is 1.62. The van der Waals surface area contributed by atoms with Crippen LogP contribution in [0.15, 0.2) is 24.7 Å². The number of imidazole rings is 1. The first-order valence-electron chi connectivity index (χ1n) is 4.88. The van der Waals surface area contributed by atoms with Crippen molar-refractivity contribution in [1.29, 1.82) is 0 Å². The molecule has 1 atom stereocenters. The minimum atomic E-state index is -0.0973. The lowest BCUT2D eigenvalue weighted by Gasteiger charge is -2.09. The van der Waals surface area contributed by atoms with Crippen molar-refractivity contribution >= 4 is 0 Å². The molecular weight excluding hydrogens is 190 g/mol. The highest BCUT2D eigenvalue weighted by Gasteiger charge is 2.12. The van der Waals surface area contributed by atoms with Crippen LogP contribution in [0, 0.1) is 0 Å². The van der Waals surface area contributed by atoms with E-state index in [0.29, 0.717) is 6.42 Å². The molecule has 5 heteroatoms. The molecule has 0 fully saturated rings. The Kier molecular flexibility index (Phi) is 2.55. The van der Waals surface area contributed by atoms with E-state index < -0.39 is 0 Å². The molecule has 2 rings (SSSR count). The fourth-order valence-corrected chi connectivity index (χ4v) is 1.62. The minimum absolute atomic E-state index is 0.0973. The molecule has 0 saturated heterocycles. The predicted octanol–water partition coefficient (Wildman–Crippen LogP) is 0.396. The lowest BCUT2D eigenvalue weighted by atomic mass is 10.1. The molecule has 1 unspecified atom stereocenters. The summed E-state index contributed by atoms with van der Waals surface area (Å²) in [6.07, 6.45) is 6.29. The predicted molar refractivity (Wildman–Crippen MR) is 57.0 cm³/mol. The second-order valence-corrected chi connectivity index (χ2v) is 3.69. The summed E-state index contributed by atoms with van der Waals surface area (Å²) in [5.74, 6) is 0.889. The Balaban J connectivity index is 2.10.